The Balaban J connectivity index is 1.68. The van der Waals surface area contributed by atoms with Crippen LogP contribution in [-0.4, -0.2) is 30.6 Å². The molecule has 2 aliphatic rings. The van der Waals surface area contributed by atoms with Gasteiger partial charge in [-0.25, -0.2) is 0 Å². The zero-order valence-electron chi connectivity index (χ0n) is 8.21. The van der Waals surface area contributed by atoms with Crippen molar-refractivity contribution in [2.75, 3.05) is 19.6 Å². The lowest BCUT2D eigenvalue weighted by molar-refractivity contribution is 0.0701. The highest BCUT2D eigenvalue weighted by atomic mass is 15.2. The Labute approximate surface area is 75.1 Å². The first-order chi connectivity index (χ1) is 5.61. The van der Waals surface area contributed by atoms with Crippen LogP contribution >= 0.6 is 0 Å². The predicted octanol–water partition coefficient (Wildman–Crippen LogP) is 1.07. The van der Waals surface area contributed by atoms with E-state index in [1.807, 2.05) is 0 Å². The molecule has 0 aromatic heterocycles. The molecule has 0 amide bonds. The second-order valence-electron chi connectivity index (χ2n) is 5.08. The van der Waals surface area contributed by atoms with E-state index in [0.29, 0.717) is 12.0 Å². The van der Waals surface area contributed by atoms with E-state index in [1.54, 1.807) is 0 Å². The number of nitrogens with two attached hydrogens (primary N) is 1. The first-order valence-electron chi connectivity index (χ1n) is 5.09. The Hall–Kier alpha value is -0.0800. The number of hydrogen-bond acceptors (Lipinski definition) is 2. The lowest BCUT2D eigenvalue weighted by atomic mass is 9.94. The summed E-state index contributed by atoms with van der Waals surface area (Å²) in [5.41, 5.74) is 6.78. The van der Waals surface area contributed by atoms with Crippen molar-refractivity contribution in [1.82, 2.24) is 4.90 Å². The Morgan fingerprint density at radius 3 is 2.33 bits per heavy atom. The van der Waals surface area contributed by atoms with Crippen LogP contribution in [0.4, 0.5) is 0 Å². The minimum atomic E-state index is 0.376. The normalized spacial score (nSPS) is 29.0. The standard InChI is InChI=1S/C10H20N2/c1-8(2)9(11)5-12-6-10(7-12)3-4-10/h8-9H,3-7,11H2,1-2H3. The molecule has 0 radical (unpaired) electrons. The minimum absolute atomic E-state index is 0.376. The molecule has 1 aliphatic heterocycles. The topological polar surface area (TPSA) is 29.3 Å². The Bertz CT molecular complexity index is 165. The predicted molar refractivity (Wildman–Crippen MR) is 50.9 cm³/mol. The van der Waals surface area contributed by atoms with Gasteiger partial charge in [-0.3, -0.25) is 0 Å². The van der Waals surface area contributed by atoms with Gasteiger partial charge in [0.05, 0.1) is 0 Å². The van der Waals surface area contributed by atoms with Gasteiger partial charge in [0.1, 0.15) is 0 Å². The van der Waals surface area contributed by atoms with E-state index in [2.05, 4.69) is 18.7 Å². The molecule has 2 fully saturated rings. The maximum Gasteiger partial charge on any atom is 0.0191 e. The molecule has 12 heavy (non-hydrogen) atoms. The highest BCUT2D eigenvalue weighted by Crippen LogP contribution is 2.52. The molecule has 1 saturated heterocycles. The highest BCUT2D eigenvalue weighted by Gasteiger charge is 2.52. The molecule has 2 rings (SSSR count). The summed E-state index contributed by atoms with van der Waals surface area (Å²) >= 11 is 0. The molecule has 2 heteroatoms. The summed E-state index contributed by atoms with van der Waals surface area (Å²) in [6.45, 7) is 8.18. The number of hydrogen-bond donors (Lipinski definition) is 1. The summed E-state index contributed by atoms with van der Waals surface area (Å²) in [4.78, 5) is 2.51. The fraction of sp³-hybridized carbons (Fsp3) is 1.00. The molecular formula is C10H20N2. The van der Waals surface area contributed by atoms with Crippen molar-refractivity contribution in [3.63, 3.8) is 0 Å². The molecule has 2 N–H and O–H groups in total. The lowest BCUT2D eigenvalue weighted by Gasteiger charge is -2.41. The van der Waals surface area contributed by atoms with Gasteiger partial charge in [0.2, 0.25) is 0 Å². The zero-order chi connectivity index (χ0) is 8.77. The van der Waals surface area contributed by atoms with Gasteiger partial charge < -0.3 is 10.6 Å². The lowest BCUT2D eigenvalue weighted by Crippen LogP contribution is -2.53. The van der Waals surface area contributed by atoms with Crippen LogP contribution in [0, 0.1) is 11.3 Å². The van der Waals surface area contributed by atoms with E-state index >= 15 is 0 Å². The van der Waals surface area contributed by atoms with Crippen molar-refractivity contribution >= 4 is 0 Å². The number of nitrogens with zero attached hydrogens (tertiary/aromatic N) is 1. The minimum Gasteiger partial charge on any atom is -0.326 e. The second kappa shape index (κ2) is 2.71. The third kappa shape index (κ3) is 1.50. The van der Waals surface area contributed by atoms with Gasteiger partial charge in [0, 0.05) is 25.7 Å². The van der Waals surface area contributed by atoms with E-state index in [4.69, 9.17) is 5.73 Å². The molecule has 0 aromatic carbocycles. The Morgan fingerprint density at radius 1 is 1.33 bits per heavy atom. The van der Waals surface area contributed by atoms with E-state index in [0.717, 1.165) is 12.0 Å². The summed E-state index contributed by atoms with van der Waals surface area (Å²) < 4.78 is 0. The molecule has 1 heterocycles. The van der Waals surface area contributed by atoms with E-state index in [-0.39, 0.29) is 0 Å². The van der Waals surface area contributed by atoms with Crippen LogP contribution in [0.3, 0.4) is 0 Å². The van der Waals surface area contributed by atoms with Gasteiger partial charge in [0.25, 0.3) is 0 Å². The van der Waals surface area contributed by atoms with Crippen molar-refractivity contribution in [2.24, 2.45) is 17.1 Å². The number of rotatable bonds is 3. The van der Waals surface area contributed by atoms with Gasteiger partial charge >= 0.3 is 0 Å². The molecule has 2 nitrogen and oxygen atoms in total. The molecule has 1 spiro atoms. The molecular weight excluding hydrogens is 148 g/mol. The molecule has 0 bridgehead atoms. The molecule has 1 aliphatic carbocycles. The molecule has 1 unspecified atom stereocenters. The average Bonchev–Trinajstić information content (AvgIpc) is 2.65. The highest BCUT2D eigenvalue weighted by molar-refractivity contribution is 5.05. The molecule has 1 saturated carbocycles. The van der Waals surface area contributed by atoms with Crippen molar-refractivity contribution < 1.29 is 0 Å². The largest absolute Gasteiger partial charge is 0.326 e. The quantitative estimate of drug-likeness (QED) is 0.683. The van der Waals surface area contributed by atoms with Crippen LogP contribution in [0.1, 0.15) is 26.7 Å². The third-order valence-electron chi connectivity index (χ3n) is 3.40. The smallest absolute Gasteiger partial charge is 0.0191 e. The number of likely N-dealkylation sites (tertiary alicyclic amines) is 1. The van der Waals surface area contributed by atoms with Gasteiger partial charge in [-0.1, -0.05) is 13.8 Å². The second-order valence-corrected chi connectivity index (χ2v) is 5.08. The Kier molecular flexibility index (Phi) is 1.92. The molecule has 0 aromatic rings. The van der Waals surface area contributed by atoms with Gasteiger partial charge in [-0.05, 0) is 24.2 Å². The average molecular weight is 168 g/mol. The fourth-order valence-electron chi connectivity index (χ4n) is 2.03. The van der Waals surface area contributed by atoms with E-state index < -0.39 is 0 Å². The van der Waals surface area contributed by atoms with Gasteiger partial charge in [-0.15, -0.1) is 0 Å². The van der Waals surface area contributed by atoms with Crippen molar-refractivity contribution in [3.05, 3.63) is 0 Å². The molecule has 70 valence electrons. The van der Waals surface area contributed by atoms with Crippen molar-refractivity contribution in [3.8, 4) is 0 Å². The first kappa shape index (κ1) is 8.52. The summed E-state index contributed by atoms with van der Waals surface area (Å²) in [6.07, 6.45) is 2.95. The maximum absolute atomic E-state index is 5.99. The fourth-order valence-corrected chi connectivity index (χ4v) is 2.03. The van der Waals surface area contributed by atoms with Crippen molar-refractivity contribution in [1.29, 1.82) is 0 Å². The van der Waals surface area contributed by atoms with Crippen LogP contribution in [0.5, 0.6) is 0 Å². The van der Waals surface area contributed by atoms with Crippen LogP contribution in [0.2, 0.25) is 0 Å². The van der Waals surface area contributed by atoms with Crippen LogP contribution in [-0.2, 0) is 0 Å². The van der Waals surface area contributed by atoms with Crippen LogP contribution in [0.25, 0.3) is 0 Å². The zero-order valence-corrected chi connectivity index (χ0v) is 8.21. The Morgan fingerprint density at radius 2 is 1.92 bits per heavy atom. The van der Waals surface area contributed by atoms with E-state index in [1.165, 1.54) is 25.9 Å². The van der Waals surface area contributed by atoms with Gasteiger partial charge in [-0.2, -0.15) is 0 Å². The first-order valence-corrected chi connectivity index (χ1v) is 5.09. The third-order valence-corrected chi connectivity index (χ3v) is 3.40. The molecule has 1 atom stereocenters. The van der Waals surface area contributed by atoms with Crippen molar-refractivity contribution in [2.45, 2.75) is 32.7 Å². The van der Waals surface area contributed by atoms with Crippen LogP contribution in [0.15, 0.2) is 0 Å². The summed E-state index contributed by atoms with van der Waals surface area (Å²) in [6, 6.07) is 0.376. The van der Waals surface area contributed by atoms with Gasteiger partial charge in [0.15, 0.2) is 0 Å². The van der Waals surface area contributed by atoms with E-state index in [9.17, 15) is 0 Å². The van der Waals surface area contributed by atoms with Crippen LogP contribution < -0.4 is 5.73 Å². The monoisotopic (exact) mass is 168 g/mol. The summed E-state index contributed by atoms with van der Waals surface area (Å²) in [5, 5.41) is 0. The maximum atomic E-state index is 5.99. The summed E-state index contributed by atoms with van der Waals surface area (Å²) in [5.74, 6) is 0.626. The summed E-state index contributed by atoms with van der Waals surface area (Å²) in [7, 11) is 0. The SMILES string of the molecule is CC(C)C(N)CN1CC2(CC2)C1.